The van der Waals surface area contributed by atoms with Crippen LogP contribution in [0.5, 0.6) is 0 Å². The number of aliphatic hydroxyl groups is 1. The van der Waals surface area contributed by atoms with Gasteiger partial charge in [-0.15, -0.1) is 0 Å². The van der Waals surface area contributed by atoms with E-state index in [-0.39, 0.29) is 63.4 Å². The van der Waals surface area contributed by atoms with Crippen LogP contribution in [-0.2, 0) is 62.4 Å². The van der Waals surface area contributed by atoms with Crippen LogP contribution < -0.4 is 21.8 Å². The molecule has 14 nitrogen and oxygen atoms in total. The standard InChI is InChI=1S/C17H23NO3.C16H22N2O3.C12H15NO2.C5H9ClO.CH4O/c1-17(2,3)16(20)18-14-8-7-11-9-13(15(19)21-4)6-5-12(11)10-14;1-16(2,3)15(20)17-13-7-6-10-8-12(14(19)18-21)5-4-11(10)9-13;1-15-12(14)10-3-2-9-7-11(13)5-4-8(9)6-10;1-5(2,3)4(6)7;1-2/h5-6,9,14H,7-8,10H2,1-4H3,(H,18,20);4-5,8,13,21H,6-7,9H2,1-3H3,(H,17,20)(H,18,19);2-3,6,11H,4-5,7,13H2,1H3;1-3H3;2H,1H3. The largest absolute Gasteiger partial charge is 0.465 e. The van der Waals surface area contributed by atoms with E-state index in [9.17, 15) is 28.8 Å². The number of rotatable bonds is 5. The minimum Gasteiger partial charge on any atom is -0.465 e. The lowest BCUT2D eigenvalue weighted by Crippen LogP contribution is -2.44. The van der Waals surface area contributed by atoms with Crippen molar-refractivity contribution in [3.05, 3.63) is 105 Å². The van der Waals surface area contributed by atoms with E-state index in [2.05, 4.69) is 15.4 Å². The molecule has 0 bridgehead atoms. The third-order valence-corrected chi connectivity index (χ3v) is 11.7. The molecule has 3 aromatic carbocycles. The van der Waals surface area contributed by atoms with Crippen molar-refractivity contribution in [1.82, 2.24) is 16.1 Å². The number of aliphatic hydroxyl groups excluding tert-OH is 1. The molecule has 3 aromatic rings. The molecule has 0 radical (unpaired) electrons. The fraction of sp³-hybridized carbons (Fsp3) is 0.529. The minimum atomic E-state index is -0.499. The summed E-state index contributed by atoms with van der Waals surface area (Å²) in [6.45, 7) is 16.8. The van der Waals surface area contributed by atoms with Gasteiger partial charge in [-0.25, -0.2) is 15.1 Å². The van der Waals surface area contributed by atoms with Crippen molar-refractivity contribution in [3.63, 3.8) is 0 Å². The SMILES string of the molecule is CC(C)(C)C(=O)Cl.CC(C)(C)C(=O)NC1CCc2cc(C(=O)NO)ccc2C1.CO.COC(=O)c1ccc2c(c1)CCC(N)C2.COC(=O)c1ccc2c(c1)CCC(NC(=O)C(C)(C)C)C2. The predicted molar refractivity (Wildman–Crippen MR) is 257 cm³/mol. The summed E-state index contributed by atoms with van der Waals surface area (Å²) in [6, 6.07) is 17.4. The quantitative estimate of drug-likeness (QED) is 0.0661. The Labute approximate surface area is 396 Å². The maximum Gasteiger partial charge on any atom is 0.337 e. The van der Waals surface area contributed by atoms with Crippen LogP contribution in [0.15, 0.2) is 54.6 Å². The number of fused-ring (bicyclic) bond motifs is 3. The Morgan fingerprint density at radius 2 is 0.894 bits per heavy atom. The molecular weight excluding hydrogens is 864 g/mol. The molecule has 0 spiro atoms. The first kappa shape index (κ1) is 57.0. The van der Waals surface area contributed by atoms with Gasteiger partial charge in [-0.3, -0.25) is 24.4 Å². The number of ether oxygens (including phenoxy) is 2. The van der Waals surface area contributed by atoms with Gasteiger partial charge in [0.15, 0.2) is 0 Å². The third kappa shape index (κ3) is 17.9. The van der Waals surface area contributed by atoms with E-state index in [0.29, 0.717) is 16.7 Å². The fourth-order valence-corrected chi connectivity index (χ4v) is 7.04. The number of nitrogens with one attached hydrogen (secondary N) is 3. The number of hydrogen-bond acceptors (Lipinski definition) is 11. The zero-order valence-corrected chi connectivity index (χ0v) is 41.7. The first-order valence-electron chi connectivity index (χ1n) is 22.3. The van der Waals surface area contributed by atoms with Gasteiger partial charge in [-0.2, -0.15) is 0 Å². The number of nitrogens with two attached hydrogens (primary N) is 1. The maximum absolute atomic E-state index is 12.1. The number of esters is 2. The van der Waals surface area contributed by atoms with Crippen LogP contribution >= 0.6 is 11.6 Å². The second kappa shape index (κ2) is 25.7. The lowest BCUT2D eigenvalue weighted by Gasteiger charge is -2.28. The van der Waals surface area contributed by atoms with Crippen molar-refractivity contribution in [2.45, 2.75) is 138 Å². The molecule has 3 amide bonds. The predicted octanol–water partition coefficient (Wildman–Crippen LogP) is 7.01. The smallest absolute Gasteiger partial charge is 0.337 e. The molecule has 66 heavy (non-hydrogen) atoms. The maximum atomic E-state index is 12.1. The number of halogens is 1. The molecule has 364 valence electrons. The number of aryl methyl sites for hydroxylation is 3. The summed E-state index contributed by atoms with van der Waals surface area (Å²) in [5.74, 6) is -0.927. The molecule has 7 N–H and O–H groups in total. The van der Waals surface area contributed by atoms with Gasteiger partial charge in [0.25, 0.3) is 5.91 Å². The van der Waals surface area contributed by atoms with Crippen LogP contribution in [-0.4, -0.2) is 84.7 Å². The molecule has 3 aliphatic rings. The number of methoxy groups -OCH3 is 2. The summed E-state index contributed by atoms with van der Waals surface area (Å²) in [7, 11) is 3.79. The third-order valence-electron chi connectivity index (χ3n) is 11.2. The fourth-order valence-electron chi connectivity index (χ4n) is 7.04. The zero-order chi connectivity index (χ0) is 50.2. The van der Waals surface area contributed by atoms with Gasteiger partial charge in [-0.1, -0.05) is 80.5 Å². The van der Waals surface area contributed by atoms with E-state index in [1.165, 1.54) is 36.5 Å². The minimum absolute atomic E-state index is 0.0622. The number of carbonyl (C=O) groups excluding carboxylic acids is 6. The van der Waals surface area contributed by atoms with E-state index >= 15 is 0 Å². The van der Waals surface area contributed by atoms with Crippen molar-refractivity contribution < 1.29 is 48.6 Å². The van der Waals surface area contributed by atoms with Crippen molar-refractivity contribution in [3.8, 4) is 0 Å². The van der Waals surface area contributed by atoms with Crippen LogP contribution in [0.25, 0.3) is 0 Å². The zero-order valence-electron chi connectivity index (χ0n) is 40.9. The Bertz CT molecular complexity index is 2050. The summed E-state index contributed by atoms with van der Waals surface area (Å²) in [6.07, 6.45) is 7.91. The number of hydroxylamine groups is 1. The Morgan fingerprint density at radius 3 is 1.23 bits per heavy atom. The van der Waals surface area contributed by atoms with Crippen molar-refractivity contribution >= 4 is 46.5 Å². The molecule has 3 aliphatic carbocycles. The average Bonchev–Trinajstić information content (AvgIpc) is 3.27. The van der Waals surface area contributed by atoms with Crippen LogP contribution in [0.3, 0.4) is 0 Å². The van der Waals surface area contributed by atoms with Crippen LogP contribution in [0.4, 0.5) is 0 Å². The Hall–Kier alpha value is -5.15. The molecule has 3 unspecified atom stereocenters. The van der Waals surface area contributed by atoms with Crippen LogP contribution in [0.1, 0.15) is 146 Å². The number of amides is 3. The number of carbonyl (C=O) groups is 6. The Morgan fingerprint density at radius 1 is 0.561 bits per heavy atom. The highest BCUT2D eigenvalue weighted by Gasteiger charge is 2.28. The van der Waals surface area contributed by atoms with E-state index in [1.54, 1.807) is 38.4 Å². The second-order valence-corrected chi connectivity index (χ2v) is 20.1. The summed E-state index contributed by atoms with van der Waals surface area (Å²) < 4.78 is 9.43. The van der Waals surface area contributed by atoms with E-state index < -0.39 is 5.91 Å². The van der Waals surface area contributed by atoms with Crippen LogP contribution in [0.2, 0.25) is 0 Å². The molecule has 3 atom stereocenters. The molecule has 0 heterocycles. The molecular formula is C51H73ClN4O10. The number of hydrogen-bond donors (Lipinski definition) is 6. The monoisotopic (exact) mass is 937 g/mol. The molecule has 6 rings (SSSR count). The van der Waals surface area contributed by atoms with E-state index in [0.717, 1.165) is 76.0 Å². The van der Waals surface area contributed by atoms with Gasteiger partial charge in [0.1, 0.15) is 0 Å². The van der Waals surface area contributed by atoms with Crippen molar-refractivity contribution in [1.29, 1.82) is 0 Å². The molecule has 0 saturated carbocycles. The number of benzene rings is 3. The normalized spacial score (nSPS) is 17.1. The first-order chi connectivity index (χ1) is 30.8. The lowest BCUT2D eigenvalue weighted by molar-refractivity contribution is -0.130. The highest BCUT2D eigenvalue weighted by atomic mass is 35.5. The topological polar surface area (TPSA) is 223 Å². The van der Waals surface area contributed by atoms with Gasteiger partial charge in [0, 0.05) is 47.0 Å². The average molecular weight is 938 g/mol. The molecule has 0 aliphatic heterocycles. The summed E-state index contributed by atoms with van der Waals surface area (Å²) >= 11 is 5.11. The highest BCUT2D eigenvalue weighted by molar-refractivity contribution is 6.64. The van der Waals surface area contributed by atoms with Gasteiger partial charge in [0.2, 0.25) is 17.1 Å². The molecule has 0 saturated heterocycles. The van der Waals surface area contributed by atoms with E-state index in [4.69, 9.17) is 32.4 Å². The van der Waals surface area contributed by atoms with Gasteiger partial charge < -0.3 is 30.9 Å². The van der Waals surface area contributed by atoms with Crippen molar-refractivity contribution in [2.24, 2.45) is 22.0 Å². The van der Waals surface area contributed by atoms with Gasteiger partial charge >= 0.3 is 11.9 Å². The van der Waals surface area contributed by atoms with Crippen molar-refractivity contribution in [2.75, 3.05) is 21.3 Å². The summed E-state index contributed by atoms with van der Waals surface area (Å²) in [4.78, 5) is 68.6. The van der Waals surface area contributed by atoms with Gasteiger partial charge in [0.05, 0.1) is 25.3 Å². The molecule has 0 fully saturated rings. The van der Waals surface area contributed by atoms with E-state index in [1.807, 2.05) is 84.0 Å². The summed E-state index contributed by atoms with van der Waals surface area (Å²) in [5.41, 5.74) is 15.2. The lowest BCUT2D eigenvalue weighted by atomic mass is 9.86. The van der Waals surface area contributed by atoms with Gasteiger partial charge in [-0.05, 0) is 139 Å². The second-order valence-electron chi connectivity index (χ2n) is 19.7. The Balaban J connectivity index is 0.000000315. The highest BCUT2D eigenvalue weighted by Crippen LogP contribution is 2.26. The summed E-state index contributed by atoms with van der Waals surface area (Å²) in [5, 5.41) is 21.6. The molecule has 0 aromatic heterocycles. The first-order valence-corrected chi connectivity index (χ1v) is 22.6. The Kier molecular flexibility index (Phi) is 22.2. The van der Waals surface area contributed by atoms with Crippen LogP contribution in [0, 0.1) is 16.2 Å². The molecule has 15 heteroatoms.